The lowest BCUT2D eigenvalue weighted by molar-refractivity contribution is -0.124. The summed E-state index contributed by atoms with van der Waals surface area (Å²) in [5, 5.41) is 3.27. The number of hydrogen-bond donors (Lipinski definition) is 2. The van der Waals surface area contributed by atoms with Gasteiger partial charge >= 0.3 is 0 Å². The van der Waals surface area contributed by atoms with Crippen molar-refractivity contribution in [2.24, 2.45) is 5.73 Å². The van der Waals surface area contributed by atoms with Crippen LogP contribution in [0.3, 0.4) is 0 Å². The van der Waals surface area contributed by atoms with Crippen LogP contribution in [0, 0.1) is 0 Å². The first-order valence-corrected chi connectivity index (χ1v) is 7.68. The smallest absolute Gasteiger partial charge is 0.237 e. The van der Waals surface area contributed by atoms with Gasteiger partial charge in [0.25, 0.3) is 0 Å². The van der Waals surface area contributed by atoms with Crippen LogP contribution in [0.2, 0.25) is 0 Å². The molecule has 1 atom stereocenters. The Hall–Kier alpha value is -0.650. The number of nitrogens with zero attached hydrogens (tertiary/aromatic N) is 1. The van der Waals surface area contributed by atoms with Crippen LogP contribution in [-0.2, 0) is 9.53 Å². The topological polar surface area (TPSA) is 67.6 Å². The van der Waals surface area contributed by atoms with E-state index in [4.69, 9.17) is 10.5 Å². The molecule has 0 heterocycles. The van der Waals surface area contributed by atoms with E-state index in [1.165, 1.54) is 0 Å². The number of methoxy groups -OCH3 is 1. The van der Waals surface area contributed by atoms with Gasteiger partial charge in [0.05, 0.1) is 5.54 Å². The average molecular weight is 287 g/mol. The Balaban J connectivity index is 3.86. The van der Waals surface area contributed by atoms with E-state index in [-0.39, 0.29) is 5.91 Å². The van der Waals surface area contributed by atoms with E-state index in [2.05, 4.69) is 24.2 Å². The van der Waals surface area contributed by atoms with E-state index in [1.54, 1.807) is 7.11 Å². The van der Waals surface area contributed by atoms with Gasteiger partial charge in [0.1, 0.15) is 0 Å². The highest BCUT2D eigenvalue weighted by molar-refractivity contribution is 5.84. The second kappa shape index (κ2) is 11.1. The minimum absolute atomic E-state index is 0.251. The van der Waals surface area contributed by atoms with Crippen LogP contribution in [0.15, 0.2) is 0 Å². The van der Waals surface area contributed by atoms with Crippen LogP contribution in [0.25, 0.3) is 0 Å². The molecule has 20 heavy (non-hydrogen) atoms. The van der Waals surface area contributed by atoms with Crippen molar-refractivity contribution in [1.29, 1.82) is 0 Å². The van der Waals surface area contributed by atoms with E-state index < -0.39 is 5.54 Å². The molecule has 0 aromatic rings. The molecule has 0 saturated heterocycles. The molecule has 1 unspecified atom stereocenters. The highest BCUT2D eigenvalue weighted by Gasteiger charge is 2.29. The molecule has 0 aromatic carbocycles. The molecule has 3 N–H and O–H groups in total. The lowest BCUT2D eigenvalue weighted by atomic mass is 9.93. The summed E-state index contributed by atoms with van der Waals surface area (Å²) in [5.41, 5.74) is 4.94. The van der Waals surface area contributed by atoms with Crippen molar-refractivity contribution < 1.29 is 9.53 Å². The van der Waals surface area contributed by atoms with Crippen molar-refractivity contribution in [2.75, 3.05) is 40.4 Å². The molecular formula is C15H33N3O2. The Bertz CT molecular complexity index is 262. The van der Waals surface area contributed by atoms with Gasteiger partial charge in [0, 0.05) is 20.3 Å². The number of nitrogens with one attached hydrogen (secondary N) is 1. The van der Waals surface area contributed by atoms with Crippen LogP contribution >= 0.6 is 0 Å². The van der Waals surface area contributed by atoms with Crippen LogP contribution < -0.4 is 11.1 Å². The Morgan fingerprint density at radius 1 is 1.30 bits per heavy atom. The van der Waals surface area contributed by atoms with Crippen molar-refractivity contribution >= 4 is 5.91 Å². The summed E-state index contributed by atoms with van der Waals surface area (Å²) in [7, 11) is 3.85. The highest BCUT2D eigenvalue weighted by atomic mass is 16.5. The first kappa shape index (κ1) is 19.4. The fraction of sp³-hybridized carbons (Fsp3) is 0.933. The standard InChI is InChI=1S/C15H33N3O2/c1-5-10-17-15(2,14(16)19)9-6-7-11-18(3)12-8-13-20-4/h17H,5-13H2,1-4H3,(H2,16,19). The third-order valence-electron chi connectivity index (χ3n) is 3.66. The van der Waals surface area contributed by atoms with E-state index in [0.717, 1.165) is 58.3 Å². The predicted molar refractivity (Wildman–Crippen MR) is 83.7 cm³/mol. The Labute approximate surface area is 124 Å². The summed E-state index contributed by atoms with van der Waals surface area (Å²) >= 11 is 0. The van der Waals surface area contributed by atoms with Crippen molar-refractivity contribution in [3.63, 3.8) is 0 Å². The molecule has 5 heteroatoms. The lowest BCUT2D eigenvalue weighted by Gasteiger charge is -2.28. The summed E-state index contributed by atoms with van der Waals surface area (Å²) in [4.78, 5) is 13.9. The van der Waals surface area contributed by atoms with Gasteiger partial charge in [-0.05, 0) is 59.2 Å². The third kappa shape index (κ3) is 8.51. The maximum atomic E-state index is 11.6. The van der Waals surface area contributed by atoms with Crippen molar-refractivity contribution in [3.05, 3.63) is 0 Å². The van der Waals surface area contributed by atoms with Crippen molar-refractivity contribution in [1.82, 2.24) is 10.2 Å². The van der Waals surface area contributed by atoms with Gasteiger partial charge in [-0.1, -0.05) is 6.92 Å². The summed E-state index contributed by atoms with van der Waals surface area (Å²) < 4.78 is 5.04. The molecule has 0 spiro atoms. The fourth-order valence-electron chi connectivity index (χ4n) is 2.15. The molecule has 120 valence electrons. The number of primary amides is 1. The van der Waals surface area contributed by atoms with E-state index >= 15 is 0 Å². The third-order valence-corrected chi connectivity index (χ3v) is 3.66. The number of unbranched alkanes of at least 4 members (excludes halogenated alkanes) is 1. The van der Waals surface area contributed by atoms with E-state index in [0.29, 0.717) is 0 Å². The first-order chi connectivity index (χ1) is 9.46. The highest BCUT2D eigenvalue weighted by Crippen LogP contribution is 2.14. The Morgan fingerprint density at radius 3 is 2.50 bits per heavy atom. The molecule has 1 amide bonds. The van der Waals surface area contributed by atoms with Gasteiger partial charge in [0.2, 0.25) is 5.91 Å². The van der Waals surface area contributed by atoms with Gasteiger partial charge in [-0.3, -0.25) is 4.79 Å². The number of hydrogen-bond acceptors (Lipinski definition) is 4. The summed E-state index contributed by atoms with van der Waals surface area (Å²) in [6, 6.07) is 0. The number of nitrogens with two attached hydrogens (primary N) is 1. The average Bonchev–Trinajstić information content (AvgIpc) is 2.41. The SMILES string of the molecule is CCCNC(C)(CCCCN(C)CCCOC)C(N)=O. The molecule has 0 aliphatic carbocycles. The molecule has 0 aromatic heterocycles. The van der Waals surface area contributed by atoms with Gasteiger partial charge in [-0.15, -0.1) is 0 Å². The molecule has 0 saturated carbocycles. The zero-order valence-electron chi connectivity index (χ0n) is 13.7. The van der Waals surface area contributed by atoms with Crippen LogP contribution in [0.1, 0.15) is 46.0 Å². The summed E-state index contributed by atoms with van der Waals surface area (Å²) in [6.07, 6.45) is 4.95. The number of carbonyl (C=O) groups excluding carboxylic acids is 1. The number of rotatable bonds is 13. The second-order valence-corrected chi connectivity index (χ2v) is 5.73. The monoisotopic (exact) mass is 287 g/mol. The normalized spacial score (nSPS) is 14.4. The van der Waals surface area contributed by atoms with Crippen molar-refractivity contribution in [3.8, 4) is 0 Å². The molecule has 0 aliphatic rings. The minimum Gasteiger partial charge on any atom is -0.385 e. The molecule has 0 bridgehead atoms. The van der Waals surface area contributed by atoms with Crippen LogP contribution in [0.5, 0.6) is 0 Å². The largest absolute Gasteiger partial charge is 0.385 e. The van der Waals surface area contributed by atoms with Gasteiger partial charge < -0.3 is 20.7 Å². The fourth-order valence-corrected chi connectivity index (χ4v) is 2.15. The maximum absolute atomic E-state index is 11.6. The van der Waals surface area contributed by atoms with E-state index in [1.807, 2.05) is 6.92 Å². The maximum Gasteiger partial charge on any atom is 0.237 e. The molecular weight excluding hydrogens is 254 g/mol. The zero-order chi connectivity index (χ0) is 15.4. The zero-order valence-corrected chi connectivity index (χ0v) is 13.7. The van der Waals surface area contributed by atoms with Crippen LogP contribution in [0.4, 0.5) is 0 Å². The molecule has 0 fully saturated rings. The summed E-state index contributed by atoms with van der Waals surface area (Å²) in [5.74, 6) is -0.251. The van der Waals surface area contributed by atoms with Crippen molar-refractivity contribution in [2.45, 2.75) is 51.5 Å². The van der Waals surface area contributed by atoms with Gasteiger partial charge in [-0.25, -0.2) is 0 Å². The molecule has 0 radical (unpaired) electrons. The molecule has 0 aliphatic heterocycles. The number of amides is 1. The number of ether oxygens (including phenoxy) is 1. The lowest BCUT2D eigenvalue weighted by Crippen LogP contribution is -2.53. The molecule has 5 nitrogen and oxygen atoms in total. The minimum atomic E-state index is -0.565. The molecule has 0 rings (SSSR count). The van der Waals surface area contributed by atoms with E-state index in [9.17, 15) is 4.79 Å². The quantitative estimate of drug-likeness (QED) is 0.502. The Kier molecular flexibility index (Phi) is 10.7. The predicted octanol–water partition coefficient (Wildman–Crippen LogP) is 1.37. The first-order valence-electron chi connectivity index (χ1n) is 7.68. The van der Waals surface area contributed by atoms with Gasteiger partial charge in [-0.2, -0.15) is 0 Å². The van der Waals surface area contributed by atoms with Crippen LogP contribution in [-0.4, -0.2) is 56.7 Å². The second-order valence-electron chi connectivity index (χ2n) is 5.73. The number of carbonyl (C=O) groups is 1. The summed E-state index contributed by atoms with van der Waals surface area (Å²) in [6.45, 7) is 7.74. The van der Waals surface area contributed by atoms with Gasteiger partial charge in [0.15, 0.2) is 0 Å². The Morgan fingerprint density at radius 2 is 1.95 bits per heavy atom.